The van der Waals surface area contributed by atoms with Crippen LogP contribution >= 0.6 is 0 Å². The molecule has 0 spiro atoms. The average Bonchev–Trinajstić information content (AvgIpc) is 2.36. The second kappa shape index (κ2) is 4.01. The van der Waals surface area contributed by atoms with E-state index in [-0.39, 0.29) is 17.2 Å². The number of benzene rings is 2. The molecular weight excluding hydrogens is 216 g/mol. The minimum Gasteiger partial charge on any atom is -0.507 e. The summed E-state index contributed by atoms with van der Waals surface area (Å²) in [5.41, 5.74) is 2.07. The standard InChI is InChI=1S/C14H14O3/c1-8-11(10-6-4-3-5-7-10)14(17)13(16)9(2)12(8)15/h3-7,15-17H,1-2H3. The molecule has 0 amide bonds. The zero-order valence-corrected chi connectivity index (χ0v) is 9.73. The van der Waals surface area contributed by atoms with E-state index in [9.17, 15) is 15.3 Å². The molecule has 0 aliphatic rings. The van der Waals surface area contributed by atoms with Crippen LogP contribution in [0.4, 0.5) is 0 Å². The van der Waals surface area contributed by atoms with Gasteiger partial charge in [-0.15, -0.1) is 0 Å². The first-order valence-corrected chi connectivity index (χ1v) is 5.33. The molecule has 2 rings (SSSR count). The summed E-state index contributed by atoms with van der Waals surface area (Å²) in [5.74, 6) is -0.449. The lowest BCUT2D eigenvalue weighted by Gasteiger charge is -2.14. The highest BCUT2D eigenvalue weighted by molar-refractivity contribution is 5.80. The molecule has 0 unspecified atom stereocenters. The van der Waals surface area contributed by atoms with Crippen LogP contribution in [0.1, 0.15) is 11.1 Å². The summed E-state index contributed by atoms with van der Waals surface area (Å²) in [6.45, 7) is 3.27. The second-order valence-electron chi connectivity index (χ2n) is 4.04. The average molecular weight is 230 g/mol. The van der Waals surface area contributed by atoms with Crippen LogP contribution in [0.2, 0.25) is 0 Å². The van der Waals surface area contributed by atoms with Crippen molar-refractivity contribution in [2.45, 2.75) is 13.8 Å². The van der Waals surface area contributed by atoms with Gasteiger partial charge in [0.25, 0.3) is 0 Å². The highest BCUT2D eigenvalue weighted by atomic mass is 16.3. The van der Waals surface area contributed by atoms with Gasteiger partial charge in [0.2, 0.25) is 0 Å². The van der Waals surface area contributed by atoms with E-state index in [4.69, 9.17) is 0 Å². The van der Waals surface area contributed by atoms with Crippen LogP contribution in [-0.4, -0.2) is 15.3 Å². The third-order valence-electron chi connectivity index (χ3n) is 2.96. The lowest BCUT2D eigenvalue weighted by molar-refractivity contribution is 0.392. The smallest absolute Gasteiger partial charge is 0.166 e. The number of aromatic hydroxyl groups is 3. The van der Waals surface area contributed by atoms with Crippen LogP contribution in [0.25, 0.3) is 11.1 Å². The van der Waals surface area contributed by atoms with Crippen molar-refractivity contribution in [2.75, 3.05) is 0 Å². The maximum atomic E-state index is 9.98. The molecule has 0 saturated carbocycles. The highest BCUT2D eigenvalue weighted by Gasteiger charge is 2.19. The summed E-state index contributed by atoms with van der Waals surface area (Å²) in [5, 5.41) is 29.6. The van der Waals surface area contributed by atoms with Crippen LogP contribution < -0.4 is 0 Å². The van der Waals surface area contributed by atoms with Crippen molar-refractivity contribution in [2.24, 2.45) is 0 Å². The molecule has 17 heavy (non-hydrogen) atoms. The van der Waals surface area contributed by atoms with E-state index in [0.717, 1.165) is 5.56 Å². The maximum absolute atomic E-state index is 9.98. The van der Waals surface area contributed by atoms with E-state index in [1.54, 1.807) is 13.8 Å². The molecule has 3 nitrogen and oxygen atoms in total. The third kappa shape index (κ3) is 1.69. The second-order valence-corrected chi connectivity index (χ2v) is 4.04. The summed E-state index contributed by atoms with van der Waals surface area (Å²) in [4.78, 5) is 0. The first kappa shape index (κ1) is 11.3. The Hall–Kier alpha value is -2.16. The molecule has 0 fully saturated rings. The van der Waals surface area contributed by atoms with Gasteiger partial charge in [0.05, 0.1) is 0 Å². The van der Waals surface area contributed by atoms with Gasteiger partial charge < -0.3 is 15.3 Å². The Bertz CT molecular complexity index is 530. The molecule has 0 saturated heterocycles. The predicted octanol–water partition coefficient (Wildman–Crippen LogP) is 3.09. The first-order chi connectivity index (χ1) is 8.04. The molecule has 3 heteroatoms. The zero-order valence-electron chi connectivity index (χ0n) is 9.73. The summed E-state index contributed by atoms with van der Waals surface area (Å²) < 4.78 is 0. The van der Waals surface area contributed by atoms with Gasteiger partial charge in [-0.25, -0.2) is 0 Å². The Morgan fingerprint density at radius 2 is 1.29 bits per heavy atom. The van der Waals surface area contributed by atoms with Crippen molar-refractivity contribution >= 4 is 0 Å². The molecule has 0 bridgehead atoms. The van der Waals surface area contributed by atoms with E-state index >= 15 is 0 Å². The Morgan fingerprint density at radius 1 is 0.706 bits per heavy atom. The Labute approximate surface area is 99.6 Å². The largest absolute Gasteiger partial charge is 0.507 e. The van der Waals surface area contributed by atoms with Crippen molar-refractivity contribution in [3.05, 3.63) is 41.5 Å². The predicted molar refractivity (Wildman–Crippen MR) is 66.3 cm³/mol. The van der Waals surface area contributed by atoms with Crippen molar-refractivity contribution in [3.8, 4) is 28.4 Å². The number of hydrogen-bond donors (Lipinski definition) is 3. The quantitative estimate of drug-likeness (QED) is 0.521. The Kier molecular flexibility index (Phi) is 2.68. The number of phenols is 3. The molecule has 2 aromatic rings. The Morgan fingerprint density at radius 3 is 1.88 bits per heavy atom. The SMILES string of the molecule is Cc1c(O)c(C)c(-c2ccccc2)c(O)c1O. The highest BCUT2D eigenvalue weighted by Crippen LogP contribution is 2.46. The molecule has 88 valence electrons. The number of rotatable bonds is 1. The molecule has 0 radical (unpaired) electrons. The number of hydrogen-bond acceptors (Lipinski definition) is 3. The summed E-state index contributed by atoms with van der Waals surface area (Å²) in [7, 11) is 0. The molecule has 0 aliphatic heterocycles. The van der Waals surface area contributed by atoms with E-state index < -0.39 is 0 Å². The normalized spacial score (nSPS) is 10.5. The van der Waals surface area contributed by atoms with Gasteiger partial charge >= 0.3 is 0 Å². The first-order valence-electron chi connectivity index (χ1n) is 5.33. The minimum atomic E-state index is -0.271. The van der Waals surface area contributed by atoms with Gasteiger partial charge in [-0.2, -0.15) is 0 Å². The minimum absolute atomic E-state index is 0.0131. The van der Waals surface area contributed by atoms with E-state index in [2.05, 4.69) is 0 Å². The third-order valence-corrected chi connectivity index (χ3v) is 2.96. The number of phenolic OH excluding ortho intramolecular Hbond substituents is 3. The van der Waals surface area contributed by atoms with Crippen LogP contribution in [0.3, 0.4) is 0 Å². The molecule has 0 heterocycles. The van der Waals surface area contributed by atoms with Crippen molar-refractivity contribution in [1.82, 2.24) is 0 Å². The molecule has 3 N–H and O–H groups in total. The molecular formula is C14H14O3. The van der Waals surface area contributed by atoms with Gasteiger partial charge in [-0.05, 0) is 19.4 Å². The lowest BCUT2D eigenvalue weighted by atomic mass is 9.95. The molecule has 0 aliphatic carbocycles. The summed E-state index contributed by atoms with van der Waals surface area (Å²) >= 11 is 0. The van der Waals surface area contributed by atoms with Gasteiger partial charge in [-0.3, -0.25) is 0 Å². The van der Waals surface area contributed by atoms with E-state index in [0.29, 0.717) is 16.7 Å². The van der Waals surface area contributed by atoms with Crippen LogP contribution in [0.5, 0.6) is 17.2 Å². The van der Waals surface area contributed by atoms with Crippen molar-refractivity contribution in [1.29, 1.82) is 0 Å². The van der Waals surface area contributed by atoms with E-state index in [1.165, 1.54) is 0 Å². The van der Waals surface area contributed by atoms with Gasteiger partial charge in [0.15, 0.2) is 11.5 Å². The van der Waals surface area contributed by atoms with Gasteiger partial charge in [0, 0.05) is 16.7 Å². The van der Waals surface area contributed by atoms with Crippen LogP contribution in [0, 0.1) is 13.8 Å². The van der Waals surface area contributed by atoms with Crippen molar-refractivity contribution < 1.29 is 15.3 Å². The molecule has 0 atom stereocenters. The maximum Gasteiger partial charge on any atom is 0.166 e. The lowest BCUT2D eigenvalue weighted by Crippen LogP contribution is -1.89. The topological polar surface area (TPSA) is 60.7 Å². The van der Waals surface area contributed by atoms with Crippen LogP contribution in [-0.2, 0) is 0 Å². The summed E-state index contributed by atoms with van der Waals surface area (Å²) in [6, 6.07) is 9.17. The summed E-state index contributed by atoms with van der Waals surface area (Å²) in [6.07, 6.45) is 0. The fraction of sp³-hybridized carbons (Fsp3) is 0.143. The fourth-order valence-electron chi connectivity index (χ4n) is 1.94. The Balaban J connectivity index is 2.80. The van der Waals surface area contributed by atoms with Crippen molar-refractivity contribution in [3.63, 3.8) is 0 Å². The molecule has 0 aromatic heterocycles. The zero-order chi connectivity index (χ0) is 12.6. The van der Waals surface area contributed by atoms with E-state index in [1.807, 2.05) is 30.3 Å². The van der Waals surface area contributed by atoms with Gasteiger partial charge in [0.1, 0.15) is 5.75 Å². The monoisotopic (exact) mass is 230 g/mol. The molecule has 2 aromatic carbocycles. The van der Waals surface area contributed by atoms with Crippen LogP contribution in [0.15, 0.2) is 30.3 Å². The van der Waals surface area contributed by atoms with Gasteiger partial charge in [-0.1, -0.05) is 30.3 Å². The fourth-order valence-corrected chi connectivity index (χ4v) is 1.94.